The van der Waals surface area contributed by atoms with Gasteiger partial charge >= 0.3 is 0 Å². The largest absolute Gasteiger partial charge is 0.371 e. The molecule has 2 aliphatic heterocycles. The molecule has 2 heterocycles. The van der Waals surface area contributed by atoms with Crippen LogP contribution in [0.15, 0.2) is 18.2 Å². The second-order valence-corrected chi connectivity index (χ2v) is 5.24. The summed E-state index contributed by atoms with van der Waals surface area (Å²) in [6.45, 7) is 6.29. The molecule has 0 aliphatic carbocycles. The van der Waals surface area contributed by atoms with Crippen LogP contribution >= 0.6 is 0 Å². The van der Waals surface area contributed by atoms with Crippen LogP contribution < -0.4 is 10.2 Å². The summed E-state index contributed by atoms with van der Waals surface area (Å²) >= 11 is 0. The zero-order valence-corrected chi connectivity index (χ0v) is 10.3. The number of piperidine rings is 1. The Kier molecular flexibility index (Phi) is 2.58. The number of rotatable bonds is 1. The molecule has 1 atom stereocenters. The Balaban J connectivity index is 2.07. The van der Waals surface area contributed by atoms with Crippen LogP contribution in [0, 0.1) is 5.82 Å². The van der Waals surface area contributed by atoms with Crippen molar-refractivity contribution in [3.05, 3.63) is 29.6 Å². The lowest BCUT2D eigenvalue weighted by molar-refractivity contribution is 0.329. The van der Waals surface area contributed by atoms with E-state index in [1.165, 1.54) is 24.1 Å². The minimum Gasteiger partial charge on any atom is -0.371 e. The van der Waals surface area contributed by atoms with Crippen molar-refractivity contribution in [1.29, 1.82) is 0 Å². The van der Waals surface area contributed by atoms with Gasteiger partial charge in [0.25, 0.3) is 0 Å². The lowest BCUT2D eigenvalue weighted by atomic mass is 9.76. The van der Waals surface area contributed by atoms with E-state index in [1.54, 1.807) is 12.1 Å². The molecule has 0 bridgehead atoms. The van der Waals surface area contributed by atoms with E-state index in [0.29, 0.717) is 0 Å². The molecule has 2 aliphatic rings. The van der Waals surface area contributed by atoms with Crippen molar-refractivity contribution in [2.75, 3.05) is 31.1 Å². The van der Waals surface area contributed by atoms with Crippen molar-refractivity contribution < 1.29 is 4.39 Å². The number of benzene rings is 1. The van der Waals surface area contributed by atoms with Crippen LogP contribution in [0.4, 0.5) is 10.1 Å². The number of hydrogen-bond donors (Lipinski definition) is 1. The maximum atomic E-state index is 13.5. The maximum absolute atomic E-state index is 13.5. The van der Waals surface area contributed by atoms with Gasteiger partial charge in [-0.2, -0.15) is 0 Å². The molecule has 3 heteroatoms. The minimum atomic E-state index is -0.105. The molecular formula is C14H19FN2. The van der Waals surface area contributed by atoms with Crippen LogP contribution in [0.1, 0.15) is 25.3 Å². The second kappa shape index (κ2) is 3.98. The highest BCUT2D eigenvalue weighted by Crippen LogP contribution is 2.44. The van der Waals surface area contributed by atoms with Crippen molar-refractivity contribution in [2.24, 2.45) is 0 Å². The van der Waals surface area contributed by atoms with Gasteiger partial charge in [0.2, 0.25) is 0 Å². The van der Waals surface area contributed by atoms with E-state index in [4.69, 9.17) is 0 Å². The third-order valence-corrected chi connectivity index (χ3v) is 4.22. The van der Waals surface area contributed by atoms with E-state index in [0.717, 1.165) is 26.2 Å². The molecular weight excluding hydrogens is 215 g/mol. The SMILES string of the molecule is CCN1C[C@@]2(CCCNC2)c2cc(F)ccc21. The lowest BCUT2D eigenvalue weighted by Gasteiger charge is -2.35. The molecule has 0 aromatic heterocycles. The van der Waals surface area contributed by atoms with Gasteiger partial charge in [-0.15, -0.1) is 0 Å². The highest BCUT2D eigenvalue weighted by Gasteiger charge is 2.42. The first-order valence-electron chi connectivity index (χ1n) is 6.51. The smallest absolute Gasteiger partial charge is 0.123 e. The van der Waals surface area contributed by atoms with Gasteiger partial charge in [-0.25, -0.2) is 4.39 Å². The first kappa shape index (κ1) is 11.0. The van der Waals surface area contributed by atoms with Crippen LogP contribution in [-0.2, 0) is 5.41 Å². The Morgan fingerprint density at radius 1 is 1.47 bits per heavy atom. The number of hydrogen-bond acceptors (Lipinski definition) is 2. The zero-order valence-electron chi connectivity index (χ0n) is 10.3. The fourth-order valence-electron chi connectivity index (χ4n) is 3.36. The topological polar surface area (TPSA) is 15.3 Å². The molecule has 1 N–H and O–H groups in total. The van der Waals surface area contributed by atoms with Gasteiger partial charge in [-0.05, 0) is 50.1 Å². The Labute approximate surface area is 102 Å². The average molecular weight is 234 g/mol. The monoisotopic (exact) mass is 234 g/mol. The molecule has 1 aromatic carbocycles. The summed E-state index contributed by atoms with van der Waals surface area (Å²) in [6.07, 6.45) is 2.36. The quantitative estimate of drug-likeness (QED) is 0.802. The van der Waals surface area contributed by atoms with Crippen LogP contribution in [0.5, 0.6) is 0 Å². The Hall–Kier alpha value is -1.09. The summed E-state index contributed by atoms with van der Waals surface area (Å²) in [5.74, 6) is -0.105. The normalized spacial score (nSPS) is 27.5. The summed E-state index contributed by atoms with van der Waals surface area (Å²) < 4.78 is 13.5. The summed E-state index contributed by atoms with van der Waals surface area (Å²) in [5.41, 5.74) is 2.59. The van der Waals surface area contributed by atoms with E-state index in [2.05, 4.69) is 17.1 Å². The number of halogens is 1. The van der Waals surface area contributed by atoms with Crippen molar-refractivity contribution >= 4 is 5.69 Å². The van der Waals surface area contributed by atoms with E-state index in [9.17, 15) is 4.39 Å². The van der Waals surface area contributed by atoms with E-state index in [-0.39, 0.29) is 11.2 Å². The minimum absolute atomic E-state index is 0.105. The fraction of sp³-hybridized carbons (Fsp3) is 0.571. The van der Waals surface area contributed by atoms with Crippen molar-refractivity contribution in [3.8, 4) is 0 Å². The van der Waals surface area contributed by atoms with Gasteiger partial charge in [-0.1, -0.05) is 0 Å². The number of likely N-dealkylation sites (N-methyl/N-ethyl adjacent to an activating group) is 1. The third kappa shape index (κ3) is 1.64. The Morgan fingerprint density at radius 2 is 2.35 bits per heavy atom. The number of fused-ring (bicyclic) bond motifs is 2. The molecule has 1 aromatic rings. The van der Waals surface area contributed by atoms with Gasteiger partial charge in [-0.3, -0.25) is 0 Å². The van der Waals surface area contributed by atoms with Crippen LogP contribution in [0.25, 0.3) is 0 Å². The second-order valence-electron chi connectivity index (χ2n) is 5.24. The van der Waals surface area contributed by atoms with Crippen molar-refractivity contribution in [1.82, 2.24) is 5.32 Å². The molecule has 2 nitrogen and oxygen atoms in total. The van der Waals surface area contributed by atoms with Gasteiger partial charge in [0.15, 0.2) is 0 Å². The number of nitrogens with zero attached hydrogens (tertiary/aromatic N) is 1. The van der Waals surface area contributed by atoms with Crippen molar-refractivity contribution in [2.45, 2.75) is 25.2 Å². The highest BCUT2D eigenvalue weighted by molar-refractivity contribution is 5.63. The van der Waals surface area contributed by atoms with Crippen LogP contribution in [-0.4, -0.2) is 26.2 Å². The fourth-order valence-corrected chi connectivity index (χ4v) is 3.36. The van der Waals surface area contributed by atoms with Gasteiger partial charge in [0, 0.05) is 30.7 Å². The van der Waals surface area contributed by atoms with Crippen LogP contribution in [0.3, 0.4) is 0 Å². The first-order valence-corrected chi connectivity index (χ1v) is 6.51. The van der Waals surface area contributed by atoms with Gasteiger partial charge < -0.3 is 10.2 Å². The molecule has 1 saturated heterocycles. The lowest BCUT2D eigenvalue weighted by Crippen LogP contribution is -2.46. The molecule has 0 unspecified atom stereocenters. The van der Waals surface area contributed by atoms with Crippen molar-refractivity contribution in [3.63, 3.8) is 0 Å². The molecule has 0 saturated carbocycles. The van der Waals surface area contributed by atoms with E-state index in [1.807, 2.05) is 6.07 Å². The molecule has 0 radical (unpaired) electrons. The van der Waals surface area contributed by atoms with Crippen LogP contribution in [0.2, 0.25) is 0 Å². The van der Waals surface area contributed by atoms with Gasteiger partial charge in [0.05, 0.1) is 0 Å². The number of nitrogens with one attached hydrogen (secondary N) is 1. The third-order valence-electron chi connectivity index (χ3n) is 4.22. The first-order chi connectivity index (χ1) is 8.25. The zero-order chi connectivity index (χ0) is 11.9. The molecule has 92 valence electrons. The summed E-state index contributed by atoms with van der Waals surface area (Å²) in [4.78, 5) is 2.38. The summed E-state index contributed by atoms with van der Waals surface area (Å²) in [6, 6.07) is 5.27. The highest BCUT2D eigenvalue weighted by atomic mass is 19.1. The average Bonchev–Trinajstić information content (AvgIpc) is 2.64. The molecule has 0 amide bonds. The predicted molar refractivity (Wildman–Crippen MR) is 68.1 cm³/mol. The Bertz CT molecular complexity index is 424. The summed E-state index contributed by atoms with van der Waals surface area (Å²) in [7, 11) is 0. The molecule has 17 heavy (non-hydrogen) atoms. The molecule has 3 rings (SSSR count). The predicted octanol–water partition coefficient (Wildman–Crippen LogP) is 2.29. The molecule has 1 spiro atoms. The molecule has 1 fully saturated rings. The van der Waals surface area contributed by atoms with Gasteiger partial charge in [0.1, 0.15) is 5.82 Å². The standard InChI is InChI=1S/C14H19FN2/c1-2-17-10-14(6-3-7-16-9-14)12-8-11(15)4-5-13(12)17/h4-5,8,16H,2-3,6-7,9-10H2,1H3/t14-/m0/s1. The van der Waals surface area contributed by atoms with E-state index < -0.39 is 0 Å². The van der Waals surface area contributed by atoms with E-state index >= 15 is 0 Å². The maximum Gasteiger partial charge on any atom is 0.123 e. The number of anilines is 1. The Morgan fingerprint density at radius 3 is 3.06 bits per heavy atom. The summed E-state index contributed by atoms with van der Waals surface area (Å²) in [5, 5.41) is 3.47.